The molecule has 1 aliphatic heterocycles. The number of amides is 1. The number of carbonyl (C=O) groups excluding carboxylic acids is 1. The zero-order chi connectivity index (χ0) is 28.8. The van der Waals surface area contributed by atoms with Gasteiger partial charge in [0, 0.05) is 61.5 Å². The van der Waals surface area contributed by atoms with E-state index in [0.717, 1.165) is 28.7 Å². The molecule has 0 aliphatic carbocycles. The molecule has 5 rings (SSSR count). The summed E-state index contributed by atoms with van der Waals surface area (Å²) in [6.45, 7) is 4.88. The molecule has 212 valence electrons. The van der Waals surface area contributed by atoms with E-state index in [4.69, 9.17) is 4.98 Å². The Morgan fingerprint density at radius 1 is 0.854 bits per heavy atom. The molecule has 1 amide bonds. The van der Waals surface area contributed by atoms with Crippen molar-refractivity contribution in [1.29, 1.82) is 0 Å². The fourth-order valence-corrected chi connectivity index (χ4v) is 5.46. The maximum Gasteiger partial charge on any atom is 0.416 e. The van der Waals surface area contributed by atoms with E-state index in [2.05, 4.69) is 15.2 Å². The number of halogens is 3. The average Bonchev–Trinajstić information content (AvgIpc) is 2.99. The van der Waals surface area contributed by atoms with Crippen molar-refractivity contribution in [3.63, 3.8) is 0 Å². The summed E-state index contributed by atoms with van der Waals surface area (Å²) in [6, 6.07) is 24.7. The molecule has 0 spiro atoms. The molecule has 0 radical (unpaired) electrons. The highest BCUT2D eigenvalue weighted by atomic mass is 32.2. The fraction of sp³-hybridized carbons (Fsp3) is 0.258. The first-order chi connectivity index (χ1) is 19.7. The lowest BCUT2D eigenvalue weighted by Crippen LogP contribution is -2.47. The smallest absolute Gasteiger partial charge is 0.368 e. The third-order valence-electron chi connectivity index (χ3n) is 6.84. The molecule has 4 aromatic rings. The van der Waals surface area contributed by atoms with Crippen LogP contribution in [0.5, 0.6) is 0 Å². The summed E-state index contributed by atoms with van der Waals surface area (Å²) < 4.78 is 39.4. The number of aryl methyl sites for hydroxylation is 1. The van der Waals surface area contributed by atoms with Crippen molar-refractivity contribution in [3.8, 4) is 0 Å². The zero-order valence-electron chi connectivity index (χ0n) is 22.6. The summed E-state index contributed by atoms with van der Waals surface area (Å²) in [5.74, 6) is 1.35. The fourth-order valence-electron chi connectivity index (χ4n) is 4.60. The molecule has 0 unspecified atom stereocenters. The van der Waals surface area contributed by atoms with Crippen LogP contribution in [-0.4, -0.2) is 42.1 Å². The summed E-state index contributed by atoms with van der Waals surface area (Å²) in [5.41, 5.74) is 3.50. The van der Waals surface area contributed by atoms with E-state index < -0.39 is 11.7 Å². The van der Waals surface area contributed by atoms with Crippen LogP contribution in [0.4, 0.5) is 24.7 Å². The molecular formula is C31H30F3N5OS. The molecule has 6 nitrogen and oxygen atoms in total. The van der Waals surface area contributed by atoms with E-state index in [0.29, 0.717) is 54.9 Å². The van der Waals surface area contributed by atoms with Gasteiger partial charge in [-0.05, 0) is 48.4 Å². The summed E-state index contributed by atoms with van der Waals surface area (Å²) in [6.07, 6.45) is -4.36. The number of nitrogens with one attached hydrogen (secondary N) is 1. The summed E-state index contributed by atoms with van der Waals surface area (Å²) >= 11 is 1.52. The predicted octanol–water partition coefficient (Wildman–Crippen LogP) is 6.35. The van der Waals surface area contributed by atoms with Gasteiger partial charge < -0.3 is 15.1 Å². The molecule has 1 aliphatic rings. The zero-order valence-corrected chi connectivity index (χ0v) is 23.4. The lowest BCUT2D eigenvalue weighted by molar-refractivity contribution is -0.137. The third kappa shape index (κ3) is 7.58. The Bertz CT molecular complexity index is 1470. The normalized spacial score (nSPS) is 13.8. The molecule has 1 N–H and O–H groups in total. The number of benzene rings is 3. The molecule has 10 heteroatoms. The van der Waals surface area contributed by atoms with Gasteiger partial charge >= 0.3 is 6.18 Å². The molecule has 0 atom stereocenters. The highest BCUT2D eigenvalue weighted by Crippen LogP contribution is 2.32. The van der Waals surface area contributed by atoms with Crippen molar-refractivity contribution in [1.82, 2.24) is 15.3 Å². The molecular weight excluding hydrogens is 547 g/mol. The van der Waals surface area contributed by atoms with Gasteiger partial charge in [-0.1, -0.05) is 60.3 Å². The molecule has 0 saturated carbocycles. The van der Waals surface area contributed by atoms with Crippen LogP contribution in [0.1, 0.15) is 32.7 Å². The second kappa shape index (κ2) is 12.6. The number of rotatable bonds is 8. The second-order valence-electron chi connectivity index (χ2n) is 9.83. The van der Waals surface area contributed by atoms with Gasteiger partial charge in [-0.3, -0.25) is 4.79 Å². The number of aromatic nitrogens is 2. The number of thioether (sulfide) groups is 1. The monoisotopic (exact) mass is 577 g/mol. The van der Waals surface area contributed by atoms with Crippen molar-refractivity contribution in [2.45, 2.75) is 30.6 Å². The first kappa shape index (κ1) is 28.5. The van der Waals surface area contributed by atoms with Crippen LogP contribution in [0.3, 0.4) is 0 Å². The number of anilines is 2. The molecule has 1 aromatic heterocycles. The highest BCUT2D eigenvalue weighted by molar-refractivity contribution is 7.98. The largest absolute Gasteiger partial charge is 0.416 e. The highest BCUT2D eigenvalue weighted by Gasteiger charge is 2.31. The van der Waals surface area contributed by atoms with Crippen molar-refractivity contribution >= 4 is 29.2 Å². The Balaban J connectivity index is 1.15. The van der Waals surface area contributed by atoms with E-state index in [1.807, 2.05) is 72.5 Å². The van der Waals surface area contributed by atoms with Gasteiger partial charge in [0.05, 0.1) is 5.56 Å². The number of carbonyl (C=O) groups is 1. The van der Waals surface area contributed by atoms with Crippen molar-refractivity contribution in [2.75, 3.05) is 36.0 Å². The van der Waals surface area contributed by atoms with Crippen LogP contribution in [-0.2, 0) is 18.5 Å². The lowest BCUT2D eigenvalue weighted by Gasteiger charge is -2.37. The van der Waals surface area contributed by atoms with Gasteiger partial charge in [-0.25, -0.2) is 9.97 Å². The van der Waals surface area contributed by atoms with Gasteiger partial charge in [0.2, 0.25) is 0 Å². The topological polar surface area (TPSA) is 61.4 Å². The van der Waals surface area contributed by atoms with Gasteiger partial charge in [-0.2, -0.15) is 13.2 Å². The second-order valence-corrected chi connectivity index (χ2v) is 10.8. The molecule has 2 heterocycles. The van der Waals surface area contributed by atoms with Crippen LogP contribution in [0.2, 0.25) is 0 Å². The Morgan fingerprint density at radius 2 is 1.56 bits per heavy atom. The number of alkyl halides is 3. The number of hydrogen-bond donors (Lipinski definition) is 1. The van der Waals surface area contributed by atoms with Crippen molar-refractivity contribution in [3.05, 3.63) is 113 Å². The minimum atomic E-state index is -4.36. The maximum absolute atomic E-state index is 13.1. The summed E-state index contributed by atoms with van der Waals surface area (Å²) in [5, 5.41) is 3.60. The molecule has 41 heavy (non-hydrogen) atoms. The van der Waals surface area contributed by atoms with Crippen molar-refractivity contribution < 1.29 is 18.0 Å². The third-order valence-corrected chi connectivity index (χ3v) is 7.76. The predicted molar refractivity (Wildman–Crippen MR) is 156 cm³/mol. The minimum absolute atomic E-state index is 0.118. The maximum atomic E-state index is 13.1. The molecule has 1 saturated heterocycles. The van der Waals surface area contributed by atoms with Gasteiger partial charge in [0.15, 0.2) is 5.16 Å². The number of hydrogen-bond acceptors (Lipinski definition) is 6. The van der Waals surface area contributed by atoms with Crippen LogP contribution in [0, 0.1) is 6.92 Å². The Kier molecular flexibility index (Phi) is 8.78. The SMILES string of the molecule is Cc1cc(N2CCN(c3cccc(C(F)(F)F)c3)CC2)nc(SCc2ccc(C(=O)NCc3ccccc3)cc2)n1. The van der Waals surface area contributed by atoms with Gasteiger partial charge in [0.1, 0.15) is 5.82 Å². The lowest BCUT2D eigenvalue weighted by atomic mass is 10.1. The molecule has 1 fully saturated rings. The van der Waals surface area contributed by atoms with Gasteiger partial charge in [-0.15, -0.1) is 0 Å². The Morgan fingerprint density at radius 3 is 2.27 bits per heavy atom. The summed E-state index contributed by atoms with van der Waals surface area (Å²) in [7, 11) is 0. The van der Waals surface area contributed by atoms with E-state index in [-0.39, 0.29) is 5.91 Å². The number of piperazine rings is 1. The first-order valence-corrected chi connectivity index (χ1v) is 14.3. The van der Waals surface area contributed by atoms with E-state index >= 15 is 0 Å². The first-order valence-electron chi connectivity index (χ1n) is 13.3. The molecule has 3 aromatic carbocycles. The Hall–Kier alpha value is -4.05. The van der Waals surface area contributed by atoms with Gasteiger partial charge in [0.25, 0.3) is 5.91 Å². The Labute approximate surface area is 241 Å². The standard InChI is InChI=1S/C31H30F3N5OS/c1-22-18-28(39-16-14-38(15-17-39)27-9-5-8-26(19-27)31(32,33)34)37-30(36-22)41-21-24-10-12-25(13-11-24)29(40)35-20-23-6-3-2-4-7-23/h2-13,18-19H,14-17,20-21H2,1H3,(H,35,40). The average molecular weight is 578 g/mol. The minimum Gasteiger partial charge on any atom is -0.368 e. The van der Waals surface area contributed by atoms with Crippen LogP contribution in [0.15, 0.2) is 90.1 Å². The van der Waals surface area contributed by atoms with Crippen LogP contribution in [0.25, 0.3) is 0 Å². The van der Waals surface area contributed by atoms with Crippen molar-refractivity contribution in [2.24, 2.45) is 0 Å². The quantitative estimate of drug-likeness (QED) is 0.195. The van der Waals surface area contributed by atoms with E-state index in [1.54, 1.807) is 6.07 Å². The number of nitrogens with zero attached hydrogens (tertiary/aromatic N) is 4. The van der Waals surface area contributed by atoms with Crippen LogP contribution < -0.4 is 15.1 Å². The molecule has 0 bridgehead atoms. The summed E-state index contributed by atoms with van der Waals surface area (Å²) in [4.78, 5) is 26.0. The van der Waals surface area contributed by atoms with Crippen LogP contribution >= 0.6 is 11.8 Å². The van der Waals surface area contributed by atoms with E-state index in [9.17, 15) is 18.0 Å². The van der Waals surface area contributed by atoms with E-state index in [1.165, 1.54) is 23.9 Å².